The number of amides is 1. The largest absolute Gasteiger partial charge is 0.353 e. The van der Waals surface area contributed by atoms with Gasteiger partial charge in [0.15, 0.2) is 0 Å². The lowest BCUT2D eigenvalue weighted by Crippen LogP contribution is -2.34. The minimum atomic E-state index is 0.167. The lowest BCUT2D eigenvalue weighted by molar-refractivity contribution is -0.122. The molecule has 1 atom stereocenters. The van der Waals surface area contributed by atoms with Crippen molar-refractivity contribution in [3.8, 4) is 0 Å². The van der Waals surface area contributed by atoms with E-state index >= 15 is 0 Å². The van der Waals surface area contributed by atoms with Crippen LogP contribution in [0, 0.1) is 5.92 Å². The summed E-state index contributed by atoms with van der Waals surface area (Å²) in [7, 11) is 1.99. The molecule has 1 amide bonds. The van der Waals surface area contributed by atoms with Crippen LogP contribution < -0.4 is 10.6 Å². The van der Waals surface area contributed by atoms with Gasteiger partial charge in [-0.1, -0.05) is 0 Å². The zero-order chi connectivity index (χ0) is 12.1. The van der Waals surface area contributed by atoms with E-state index in [4.69, 9.17) is 0 Å². The van der Waals surface area contributed by atoms with E-state index in [9.17, 15) is 4.79 Å². The van der Waals surface area contributed by atoms with Crippen molar-refractivity contribution < 1.29 is 4.79 Å². The lowest BCUT2D eigenvalue weighted by atomic mass is 9.96. The first-order valence-corrected chi connectivity index (χ1v) is 6.33. The lowest BCUT2D eigenvalue weighted by Gasteiger charge is -2.22. The number of nitrogens with one attached hydrogen (secondary N) is 2. The Hall–Kier alpha value is -1.29. The molecule has 1 aliphatic rings. The van der Waals surface area contributed by atoms with E-state index in [0.717, 1.165) is 18.8 Å². The zero-order valence-electron chi connectivity index (χ0n) is 10.4. The van der Waals surface area contributed by atoms with Crippen LogP contribution in [0.25, 0.3) is 0 Å². The van der Waals surface area contributed by atoms with Gasteiger partial charge in [-0.2, -0.15) is 0 Å². The zero-order valence-corrected chi connectivity index (χ0v) is 10.4. The summed E-state index contributed by atoms with van der Waals surface area (Å²) >= 11 is 0. The Morgan fingerprint density at radius 2 is 2.53 bits per heavy atom. The standard InChI is InChI=1S/C13H21N3O/c1-16-7-3-5-12(16)10-15-13(17)8-11-4-2-6-14-9-11/h3,5,7,11,14H,2,4,6,8-10H2,1H3,(H,15,17). The van der Waals surface area contributed by atoms with E-state index in [0.29, 0.717) is 18.9 Å². The molecule has 1 aliphatic heterocycles. The molecule has 1 saturated heterocycles. The quantitative estimate of drug-likeness (QED) is 0.819. The van der Waals surface area contributed by atoms with Crippen molar-refractivity contribution in [2.75, 3.05) is 13.1 Å². The molecule has 1 unspecified atom stereocenters. The molecule has 0 bridgehead atoms. The van der Waals surface area contributed by atoms with Gasteiger partial charge in [-0.15, -0.1) is 0 Å². The van der Waals surface area contributed by atoms with Gasteiger partial charge in [0, 0.05) is 25.4 Å². The number of aryl methyl sites for hydroxylation is 1. The summed E-state index contributed by atoms with van der Waals surface area (Å²) in [4.78, 5) is 11.8. The van der Waals surface area contributed by atoms with E-state index in [-0.39, 0.29) is 5.91 Å². The van der Waals surface area contributed by atoms with Crippen LogP contribution in [0.1, 0.15) is 25.0 Å². The fourth-order valence-corrected chi connectivity index (χ4v) is 2.30. The van der Waals surface area contributed by atoms with Gasteiger partial charge in [0.1, 0.15) is 0 Å². The topological polar surface area (TPSA) is 46.1 Å². The van der Waals surface area contributed by atoms with Crippen LogP contribution in [-0.2, 0) is 18.4 Å². The second-order valence-corrected chi connectivity index (χ2v) is 4.80. The van der Waals surface area contributed by atoms with E-state index in [1.54, 1.807) is 0 Å². The Morgan fingerprint density at radius 3 is 3.18 bits per heavy atom. The Labute approximate surface area is 102 Å². The maximum absolute atomic E-state index is 11.8. The van der Waals surface area contributed by atoms with Crippen molar-refractivity contribution in [3.05, 3.63) is 24.0 Å². The molecule has 4 nitrogen and oxygen atoms in total. The highest BCUT2D eigenvalue weighted by atomic mass is 16.1. The molecule has 0 saturated carbocycles. The van der Waals surface area contributed by atoms with E-state index in [2.05, 4.69) is 10.6 Å². The Morgan fingerprint density at radius 1 is 1.65 bits per heavy atom. The molecule has 0 radical (unpaired) electrons. The van der Waals surface area contributed by atoms with Crippen LogP contribution >= 0.6 is 0 Å². The molecule has 17 heavy (non-hydrogen) atoms. The molecule has 0 aromatic carbocycles. The number of hydrogen-bond donors (Lipinski definition) is 2. The molecule has 2 rings (SSSR count). The highest BCUT2D eigenvalue weighted by molar-refractivity contribution is 5.76. The second kappa shape index (κ2) is 5.87. The third-order valence-electron chi connectivity index (χ3n) is 3.39. The molecule has 2 N–H and O–H groups in total. The molecule has 0 aliphatic carbocycles. The van der Waals surface area contributed by atoms with Gasteiger partial charge < -0.3 is 15.2 Å². The van der Waals surface area contributed by atoms with Gasteiger partial charge in [-0.05, 0) is 44.0 Å². The van der Waals surface area contributed by atoms with Crippen LogP contribution in [0.5, 0.6) is 0 Å². The van der Waals surface area contributed by atoms with Crippen LogP contribution in [-0.4, -0.2) is 23.6 Å². The molecule has 1 fully saturated rings. The Kier molecular flexibility index (Phi) is 4.20. The van der Waals surface area contributed by atoms with E-state index in [1.165, 1.54) is 12.8 Å². The predicted molar refractivity (Wildman–Crippen MR) is 67.5 cm³/mol. The molecule has 0 spiro atoms. The first kappa shape index (κ1) is 12.2. The van der Waals surface area contributed by atoms with Crippen LogP contribution in [0.2, 0.25) is 0 Å². The predicted octanol–water partition coefficient (Wildman–Crippen LogP) is 1.03. The number of aromatic nitrogens is 1. The Bertz CT molecular complexity index is 366. The van der Waals surface area contributed by atoms with Gasteiger partial charge in [-0.3, -0.25) is 4.79 Å². The molecule has 2 heterocycles. The Balaban J connectivity index is 1.72. The maximum atomic E-state index is 11.8. The summed E-state index contributed by atoms with van der Waals surface area (Å²) in [6, 6.07) is 4.02. The number of nitrogens with zero attached hydrogens (tertiary/aromatic N) is 1. The average molecular weight is 235 g/mol. The van der Waals surface area contributed by atoms with Crippen molar-refractivity contribution in [1.82, 2.24) is 15.2 Å². The minimum absolute atomic E-state index is 0.167. The summed E-state index contributed by atoms with van der Waals surface area (Å²) < 4.78 is 2.03. The van der Waals surface area contributed by atoms with Gasteiger partial charge >= 0.3 is 0 Å². The van der Waals surface area contributed by atoms with Crippen molar-refractivity contribution in [2.45, 2.75) is 25.8 Å². The highest BCUT2D eigenvalue weighted by Gasteiger charge is 2.16. The number of piperidine rings is 1. The molecular formula is C13H21N3O. The normalized spacial score (nSPS) is 20.2. The summed E-state index contributed by atoms with van der Waals surface area (Å²) in [6.07, 6.45) is 5.00. The third-order valence-corrected chi connectivity index (χ3v) is 3.39. The smallest absolute Gasteiger partial charge is 0.220 e. The van der Waals surface area contributed by atoms with E-state index < -0.39 is 0 Å². The van der Waals surface area contributed by atoms with Crippen molar-refractivity contribution in [2.24, 2.45) is 13.0 Å². The van der Waals surface area contributed by atoms with Crippen LogP contribution in [0.15, 0.2) is 18.3 Å². The van der Waals surface area contributed by atoms with Crippen molar-refractivity contribution in [3.63, 3.8) is 0 Å². The first-order chi connectivity index (χ1) is 8.25. The first-order valence-electron chi connectivity index (χ1n) is 6.33. The second-order valence-electron chi connectivity index (χ2n) is 4.80. The third kappa shape index (κ3) is 3.60. The number of rotatable bonds is 4. The molecule has 1 aromatic heterocycles. The van der Waals surface area contributed by atoms with Gasteiger partial charge in [0.2, 0.25) is 5.91 Å². The number of carbonyl (C=O) groups is 1. The van der Waals surface area contributed by atoms with Crippen molar-refractivity contribution >= 4 is 5.91 Å². The SMILES string of the molecule is Cn1cccc1CNC(=O)CC1CCCNC1. The summed E-state index contributed by atoms with van der Waals surface area (Å²) in [5, 5.41) is 6.32. The number of carbonyl (C=O) groups excluding carboxylic acids is 1. The van der Waals surface area contributed by atoms with Gasteiger partial charge in [0.05, 0.1) is 6.54 Å². The molecule has 94 valence electrons. The maximum Gasteiger partial charge on any atom is 0.220 e. The minimum Gasteiger partial charge on any atom is -0.353 e. The van der Waals surface area contributed by atoms with Crippen LogP contribution in [0.3, 0.4) is 0 Å². The van der Waals surface area contributed by atoms with Gasteiger partial charge in [-0.25, -0.2) is 0 Å². The van der Waals surface area contributed by atoms with Crippen LogP contribution in [0.4, 0.5) is 0 Å². The van der Waals surface area contributed by atoms with Crippen molar-refractivity contribution in [1.29, 1.82) is 0 Å². The monoisotopic (exact) mass is 235 g/mol. The molecule has 1 aromatic rings. The summed E-state index contributed by atoms with van der Waals surface area (Å²) in [6.45, 7) is 2.71. The molecular weight excluding hydrogens is 214 g/mol. The summed E-state index contributed by atoms with van der Waals surface area (Å²) in [5.74, 6) is 0.678. The molecule has 4 heteroatoms. The fourth-order valence-electron chi connectivity index (χ4n) is 2.30. The average Bonchev–Trinajstić information content (AvgIpc) is 2.74. The van der Waals surface area contributed by atoms with E-state index in [1.807, 2.05) is 29.9 Å². The number of hydrogen-bond acceptors (Lipinski definition) is 2. The van der Waals surface area contributed by atoms with Gasteiger partial charge in [0.25, 0.3) is 0 Å². The highest BCUT2D eigenvalue weighted by Crippen LogP contribution is 2.13. The summed E-state index contributed by atoms with van der Waals surface area (Å²) in [5.41, 5.74) is 1.14. The fraction of sp³-hybridized carbons (Fsp3) is 0.615.